The van der Waals surface area contributed by atoms with E-state index < -0.39 is 0 Å². The van der Waals surface area contributed by atoms with Gasteiger partial charge in [0.25, 0.3) is 0 Å². The average Bonchev–Trinajstić information content (AvgIpc) is 2.51. The van der Waals surface area contributed by atoms with Gasteiger partial charge in [0.1, 0.15) is 5.82 Å². The summed E-state index contributed by atoms with van der Waals surface area (Å²) >= 11 is 0. The normalized spacial score (nSPS) is 22.3. The molecule has 0 spiro atoms. The Morgan fingerprint density at radius 1 is 1.14 bits per heavy atom. The van der Waals surface area contributed by atoms with Gasteiger partial charge in [-0.25, -0.2) is 4.39 Å². The van der Waals surface area contributed by atoms with Crippen molar-refractivity contribution in [2.24, 2.45) is 5.92 Å². The molecule has 1 aromatic carbocycles. The first kappa shape index (κ1) is 16.3. The number of rotatable bonds is 6. The van der Waals surface area contributed by atoms with Crippen molar-refractivity contribution in [3.8, 4) is 0 Å². The molecular weight excluding hydrogens is 263 g/mol. The number of nitrogens with zero attached hydrogens (tertiary/aromatic N) is 1. The Morgan fingerprint density at radius 2 is 1.86 bits per heavy atom. The lowest BCUT2D eigenvalue weighted by Crippen LogP contribution is -2.35. The molecule has 0 saturated heterocycles. The smallest absolute Gasteiger partial charge is 0.125 e. The van der Waals surface area contributed by atoms with Gasteiger partial charge in [-0.15, -0.1) is 0 Å². The van der Waals surface area contributed by atoms with Crippen molar-refractivity contribution >= 4 is 5.69 Å². The summed E-state index contributed by atoms with van der Waals surface area (Å²) in [7, 11) is 2.11. The fraction of sp³-hybridized carbons (Fsp3) is 0.667. The van der Waals surface area contributed by atoms with Gasteiger partial charge in [0.05, 0.1) is 0 Å². The van der Waals surface area contributed by atoms with Crippen molar-refractivity contribution in [3.05, 3.63) is 29.6 Å². The van der Waals surface area contributed by atoms with E-state index in [1.54, 1.807) is 12.1 Å². The summed E-state index contributed by atoms with van der Waals surface area (Å²) in [5, 5.41) is 3.27. The third-order valence-electron chi connectivity index (χ3n) is 4.87. The molecule has 1 fully saturated rings. The van der Waals surface area contributed by atoms with Crippen LogP contribution in [0.4, 0.5) is 10.1 Å². The molecule has 0 heterocycles. The molecule has 0 unspecified atom stereocenters. The first-order valence-electron chi connectivity index (χ1n) is 8.37. The van der Waals surface area contributed by atoms with Gasteiger partial charge < -0.3 is 10.2 Å². The molecular formula is C18H29FN2. The Hall–Kier alpha value is -1.09. The van der Waals surface area contributed by atoms with Crippen molar-refractivity contribution in [1.29, 1.82) is 0 Å². The van der Waals surface area contributed by atoms with Crippen LogP contribution >= 0.6 is 0 Å². The average molecular weight is 292 g/mol. The number of nitrogens with one attached hydrogen (secondary N) is 1. The fourth-order valence-electron chi connectivity index (χ4n) is 3.36. The summed E-state index contributed by atoms with van der Waals surface area (Å²) in [5.74, 6) is 0.765. The van der Waals surface area contributed by atoms with Gasteiger partial charge in [-0.3, -0.25) is 0 Å². The Labute approximate surface area is 128 Å². The molecule has 1 aliphatic rings. The molecule has 118 valence electrons. The number of halogens is 1. The zero-order valence-electron chi connectivity index (χ0n) is 13.7. The van der Waals surface area contributed by atoms with E-state index in [1.165, 1.54) is 32.1 Å². The van der Waals surface area contributed by atoms with E-state index >= 15 is 0 Å². The number of anilines is 1. The van der Waals surface area contributed by atoms with E-state index in [4.69, 9.17) is 0 Å². The molecule has 21 heavy (non-hydrogen) atoms. The third-order valence-corrected chi connectivity index (χ3v) is 4.87. The van der Waals surface area contributed by atoms with Gasteiger partial charge in [0.2, 0.25) is 0 Å². The highest BCUT2D eigenvalue weighted by molar-refractivity contribution is 5.49. The van der Waals surface area contributed by atoms with Crippen LogP contribution in [-0.2, 0) is 6.54 Å². The molecule has 0 amide bonds. The maximum atomic E-state index is 13.8. The van der Waals surface area contributed by atoms with Crippen molar-refractivity contribution < 1.29 is 4.39 Å². The second-order valence-electron chi connectivity index (χ2n) is 6.29. The predicted molar refractivity (Wildman–Crippen MR) is 88.2 cm³/mol. The standard InChI is InChI=1S/C18H29FN2/c1-4-14-6-8-17(9-7-14)21(3)18-11-15(13-20-5-2)10-16(19)12-18/h10-12,14,17,20H,4-9,13H2,1-3H3. The number of hydrogen-bond acceptors (Lipinski definition) is 2. The molecule has 1 aliphatic carbocycles. The molecule has 2 rings (SSSR count). The highest BCUT2D eigenvalue weighted by atomic mass is 19.1. The van der Waals surface area contributed by atoms with E-state index in [0.717, 1.165) is 30.3 Å². The Bertz CT molecular complexity index is 439. The fourth-order valence-corrected chi connectivity index (χ4v) is 3.36. The van der Waals surface area contributed by atoms with Gasteiger partial charge in [-0.05, 0) is 61.9 Å². The topological polar surface area (TPSA) is 15.3 Å². The number of benzene rings is 1. The predicted octanol–water partition coefficient (Wildman–Crippen LogP) is 4.34. The van der Waals surface area contributed by atoms with Gasteiger partial charge in [0, 0.05) is 25.3 Å². The van der Waals surface area contributed by atoms with Crippen molar-refractivity contribution in [1.82, 2.24) is 5.32 Å². The summed E-state index contributed by atoms with van der Waals surface area (Å²) in [6, 6.07) is 5.98. The van der Waals surface area contributed by atoms with E-state index in [2.05, 4.69) is 37.2 Å². The molecule has 0 bridgehead atoms. The molecule has 1 N–H and O–H groups in total. The number of hydrogen-bond donors (Lipinski definition) is 1. The molecule has 3 heteroatoms. The van der Waals surface area contributed by atoms with Gasteiger partial charge >= 0.3 is 0 Å². The van der Waals surface area contributed by atoms with Gasteiger partial charge in [-0.1, -0.05) is 20.3 Å². The van der Waals surface area contributed by atoms with Gasteiger partial charge in [-0.2, -0.15) is 0 Å². The molecule has 0 radical (unpaired) electrons. The van der Waals surface area contributed by atoms with E-state index in [9.17, 15) is 4.39 Å². The van der Waals surface area contributed by atoms with Crippen molar-refractivity contribution in [2.75, 3.05) is 18.5 Å². The third kappa shape index (κ3) is 4.44. The van der Waals surface area contributed by atoms with Crippen LogP contribution < -0.4 is 10.2 Å². The lowest BCUT2D eigenvalue weighted by Gasteiger charge is -2.36. The molecule has 0 aromatic heterocycles. The van der Waals surface area contributed by atoms with Crippen LogP contribution in [0.2, 0.25) is 0 Å². The lowest BCUT2D eigenvalue weighted by molar-refractivity contribution is 0.313. The van der Waals surface area contributed by atoms with Crippen LogP contribution in [0.1, 0.15) is 51.5 Å². The van der Waals surface area contributed by atoms with Crippen LogP contribution in [0.5, 0.6) is 0 Å². The molecule has 0 aliphatic heterocycles. The van der Waals surface area contributed by atoms with E-state index in [-0.39, 0.29) is 5.82 Å². The minimum Gasteiger partial charge on any atom is -0.372 e. The monoisotopic (exact) mass is 292 g/mol. The summed E-state index contributed by atoms with van der Waals surface area (Å²) in [6.07, 6.45) is 6.38. The first-order chi connectivity index (χ1) is 10.1. The van der Waals surface area contributed by atoms with Crippen LogP contribution in [0.15, 0.2) is 18.2 Å². The van der Waals surface area contributed by atoms with Crippen LogP contribution in [0.25, 0.3) is 0 Å². The van der Waals surface area contributed by atoms with Gasteiger partial charge in [0.15, 0.2) is 0 Å². The van der Waals surface area contributed by atoms with Crippen LogP contribution in [-0.4, -0.2) is 19.6 Å². The first-order valence-corrected chi connectivity index (χ1v) is 8.37. The Morgan fingerprint density at radius 3 is 2.48 bits per heavy atom. The lowest BCUT2D eigenvalue weighted by atomic mass is 9.84. The second kappa shape index (κ2) is 7.79. The quantitative estimate of drug-likeness (QED) is 0.839. The Kier molecular flexibility index (Phi) is 6.04. The maximum absolute atomic E-state index is 13.8. The molecule has 0 atom stereocenters. The SMILES string of the molecule is CCNCc1cc(F)cc(N(C)C2CCC(CC)CC2)c1. The summed E-state index contributed by atoms with van der Waals surface area (Å²) < 4.78 is 13.8. The zero-order chi connectivity index (χ0) is 15.2. The highest BCUT2D eigenvalue weighted by Gasteiger charge is 2.23. The summed E-state index contributed by atoms with van der Waals surface area (Å²) in [5.41, 5.74) is 2.05. The summed E-state index contributed by atoms with van der Waals surface area (Å²) in [4.78, 5) is 2.28. The minimum absolute atomic E-state index is 0.130. The molecule has 1 aromatic rings. The summed E-state index contributed by atoms with van der Waals surface area (Å²) in [6.45, 7) is 5.99. The van der Waals surface area contributed by atoms with Crippen LogP contribution in [0, 0.1) is 11.7 Å². The molecule has 1 saturated carbocycles. The minimum atomic E-state index is -0.130. The van der Waals surface area contributed by atoms with Crippen molar-refractivity contribution in [2.45, 2.75) is 58.5 Å². The zero-order valence-corrected chi connectivity index (χ0v) is 13.7. The van der Waals surface area contributed by atoms with Crippen molar-refractivity contribution in [3.63, 3.8) is 0 Å². The molecule has 2 nitrogen and oxygen atoms in total. The highest BCUT2D eigenvalue weighted by Crippen LogP contribution is 2.31. The van der Waals surface area contributed by atoms with E-state index in [0.29, 0.717) is 6.04 Å². The van der Waals surface area contributed by atoms with E-state index in [1.807, 2.05) is 0 Å². The maximum Gasteiger partial charge on any atom is 0.125 e. The Balaban J connectivity index is 2.04. The largest absolute Gasteiger partial charge is 0.372 e. The van der Waals surface area contributed by atoms with Crippen LogP contribution in [0.3, 0.4) is 0 Å². The second-order valence-corrected chi connectivity index (χ2v) is 6.29.